The van der Waals surface area contributed by atoms with Gasteiger partial charge in [0.05, 0.1) is 21.6 Å². The van der Waals surface area contributed by atoms with Gasteiger partial charge in [0.1, 0.15) is 5.82 Å². The van der Waals surface area contributed by atoms with Crippen LogP contribution in [0.25, 0.3) is 17.8 Å². The Morgan fingerprint density at radius 1 is 1.03 bits per heavy atom. The van der Waals surface area contributed by atoms with Crippen molar-refractivity contribution in [2.45, 2.75) is 6.92 Å². The van der Waals surface area contributed by atoms with Gasteiger partial charge in [-0.2, -0.15) is 0 Å². The molecule has 31 heavy (non-hydrogen) atoms. The topological polar surface area (TPSA) is 49.9 Å². The van der Waals surface area contributed by atoms with E-state index in [1.807, 2.05) is 61.5 Å². The van der Waals surface area contributed by atoms with Crippen molar-refractivity contribution >= 4 is 29.2 Å². The van der Waals surface area contributed by atoms with Gasteiger partial charge in [-0.3, -0.25) is 9.56 Å². The Labute approximate surface area is 181 Å². The molecular formula is C25H18FN3OS. The van der Waals surface area contributed by atoms with Gasteiger partial charge >= 0.3 is 0 Å². The molecule has 3 aromatic carbocycles. The summed E-state index contributed by atoms with van der Waals surface area (Å²) in [4.78, 5) is 10.2. The van der Waals surface area contributed by atoms with E-state index < -0.39 is 0 Å². The minimum atomic E-state index is -0.314. The molecule has 0 spiro atoms. The standard InChI is InChI=1S/C25H18FN3OS/c1-16-2-9-21(10-3-16)29-24(30)23(15-17-4-11-22-18(14-17)12-13-27-22)31-25(29)28-20-7-5-19(26)6-8-20/h2-15,30H,1H3/b17-15+,28-25?. The summed E-state index contributed by atoms with van der Waals surface area (Å²) in [5.74, 6) is -0.207. The zero-order valence-corrected chi connectivity index (χ0v) is 17.5. The zero-order chi connectivity index (χ0) is 21.4. The molecule has 0 saturated heterocycles. The van der Waals surface area contributed by atoms with E-state index in [1.165, 1.54) is 23.5 Å². The van der Waals surface area contributed by atoms with Crippen molar-refractivity contribution in [1.29, 1.82) is 0 Å². The molecule has 0 atom stereocenters. The lowest BCUT2D eigenvalue weighted by atomic mass is 10.2. The van der Waals surface area contributed by atoms with Gasteiger partial charge in [0.25, 0.3) is 0 Å². The number of halogens is 1. The first kappa shape index (κ1) is 19.2. The maximum Gasteiger partial charge on any atom is 0.215 e. The van der Waals surface area contributed by atoms with Gasteiger partial charge in [0.2, 0.25) is 5.88 Å². The molecule has 4 aromatic rings. The Morgan fingerprint density at radius 2 is 1.81 bits per heavy atom. The fraction of sp³-hybridized carbons (Fsp3) is 0.0400. The minimum Gasteiger partial charge on any atom is -0.493 e. The Hall–Kier alpha value is -3.77. The van der Waals surface area contributed by atoms with Gasteiger partial charge < -0.3 is 5.11 Å². The smallest absolute Gasteiger partial charge is 0.215 e. The highest BCUT2D eigenvalue weighted by Gasteiger charge is 2.13. The zero-order valence-electron chi connectivity index (χ0n) is 16.7. The molecule has 5 rings (SSSR count). The third-order valence-electron chi connectivity index (χ3n) is 4.99. The van der Waals surface area contributed by atoms with Gasteiger partial charge in [0.15, 0.2) is 4.80 Å². The van der Waals surface area contributed by atoms with Crippen LogP contribution in [0.5, 0.6) is 5.88 Å². The molecule has 4 nitrogen and oxygen atoms in total. The molecule has 1 N–H and O–H groups in total. The van der Waals surface area contributed by atoms with Crippen LogP contribution in [0, 0.1) is 12.7 Å². The predicted octanol–water partition coefficient (Wildman–Crippen LogP) is 4.36. The maximum atomic E-state index is 13.3. The summed E-state index contributed by atoms with van der Waals surface area (Å²) in [6, 6.07) is 19.8. The van der Waals surface area contributed by atoms with Gasteiger partial charge in [-0.15, -0.1) is 0 Å². The monoisotopic (exact) mass is 427 g/mol. The highest BCUT2D eigenvalue weighted by atomic mass is 32.1. The van der Waals surface area contributed by atoms with Crippen molar-refractivity contribution < 1.29 is 9.50 Å². The molecule has 0 unspecified atom stereocenters. The van der Waals surface area contributed by atoms with E-state index in [9.17, 15) is 9.50 Å². The molecule has 0 fully saturated rings. The summed E-state index contributed by atoms with van der Waals surface area (Å²) >= 11 is 1.37. The van der Waals surface area contributed by atoms with E-state index >= 15 is 0 Å². The van der Waals surface area contributed by atoms with Crippen LogP contribution in [0.4, 0.5) is 10.1 Å². The Balaban J connectivity index is 1.71. The predicted molar refractivity (Wildman–Crippen MR) is 121 cm³/mol. The van der Waals surface area contributed by atoms with E-state index in [1.54, 1.807) is 22.9 Å². The van der Waals surface area contributed by atoms with Gasteiger partial charge in [-0.05, 0) is 72.8 Å². The van der Waals surface area contributed by atoms with E-state index in [-0.39, 0.29) is 11.7 Å². The van der Waals surface area contributed by atoms with Crippen LogP contribution in [-0.2, 0) is 0 Å². The average Bonchev–Trinajstić information content (AvgIpc) is 3.35. The number of aryl methyl sites for hydroxylation is 1. The first-order valence-electron chi connectivity index (χ1n) is 9.75. The molecule has 152 valence electrons. The van der Waals surface area contributed by atoms with Crippen LogP contribution in [0.1, 0.15) is 16.0 Å². The lowest BCUT2D eigenvalue weighted by molar-refractivity contribution is 0.439. The second-order valence-corrected chi connectivity index (χ2v) is 8.25. The largest absolute Gasteiger partial charge is 0.493 e. The molecule has 2 heterocycles. The summed E-state index contributed by atoms with van der Waals surface area (Å²) in [5, 5.41) is 13.0. The molecule has 0 saturated carbocycles. The van der Waals surface area contributed by atoms with Crippen LogP contribution < -0.4 is 15.4 Å². The maximum absolute atomic E-state index is 13.3. The highest BCUT2D eigenvalue weighted by Crippen LogP contribution is 2.26. The molecule has 0 bridgehead atoms. The normalized spacial score (nSPS) is 13.5. The second kappa shape index (κ2) is 7.81. The van der Waals surface area contributed by atoms with Crippen LogP contribution >= 0.6 is 11.3 Å². The van der Waals surface area contributed by atoms with E-state index in [2.05, 4.69) is 9.98 Å². The third kappa shape index (κ3) is 3.85. The first-order valence-corrected chi connectivity index (χ1v) is 10.6. The fourth-order valence-corrected chi connectivity index (χ4v) is 4.38. The van der Waals surface area contributed by atoms with Crippen LogP contribution in [-0.4, -0.2) is 9.67 Å². The Kier molecular flexibility index (Phi) is 4.84. The Morgan fingerprint density at radius 3 is 2.58 bits per heavy atom. The molecule has 6 heteroatoms. The average molecular weight is 428 g/mol. The van der Waals surface area contributed by atoms with Gasteiger partial charge in [0, 0.05) is 11.8 Å². The van der Waals surface area contributed by atoms with Crippen molar-refractivity contribution in [3.63, 3.8) is 0 Å². The first-order chi connectivity index (χ1) is 15.1. The summed E-state index contributed by atoms with van der Waals surface area (Å²) in [7, 11) is 0. The minimum absolute atomic E-state index is 0.107. The van der Waals surface area contributed by atoms with Crippen molar-refractivity contribution in [3.05, 3.63) is 110 Å². The third-order valence-corrected chi connectivity index (χ3v) is 5.96. The molecule has 0 aliphatic carbocycles. The number of thiazole rings is 1. The summed E-state index contributed by atoms with van der Waals surface area (Å²) in [5.41, 5.74) is 3.59. The summed E-state index contributed by atoms with van der Waals surface area (Å²) < 4.78 is 15.0. The number of fused-ring (bicyclic) bond motifs is 1. The fourth-order valence-electron chi connectivity index (χ4n) is 3.37. The molecular weight excluding hydrogens is 409 g/mol. The van der Waals surface area contributed by atoms with Crippen molar-refractivity contribution in [3.8, 4) is 11.6 Å². The number of aromatic nitrogens is 1. The van der Waals surface area contributed by atoms with Crippen LogP contribution in [0.15, 0.2) is 82.9 Å². The van der Waals surface area contributed by atoms with Crippen molar-refractivity contribution in [1.82, 2.24) is 4.57 Å². The van der Waals surface area contributed by atoms with Gasteiger partial charge in [-0.25, -0.2) is 9.38 Å². The number of hydrogen-bond donors (Lipinski definition) is 1. The Bertz CT molecular complexity index is 1490. The summed E-state index contributed by atoms with van der Waals surface area (Å²) in [6.07, 6.45) is 5.67. The van der Waals surface area contributed by atoms with Gasteiger partial charge in [-0.1, -0.05) is 35.1 Å². The lowest BCUT2D eigenvalue weighted by Gasteiger charge is -2.05. The second-order valence-electron chi connectivity index (χ2n) is 7.24. The lowest BCUT2D eigenvalue weighted by Crippen LogP contribution is -2.11. The molecule has 1 aromatic heterocycles. The van der Waals surface area contributed by atoms with Crippen LogP contribution in [0.2, 0.25) is 0 Å². The van der Waals surface area contributed by atoms with E-state index in [4.69, 9.17) is 0 Å². The summed E-state index contributed by atoms with van der Waals surface area (Å²) in [6.45, 7) is 2.01. The SMILES string of the molecule is Cc1ccc(-n2c(O)c(/C=c3\ccc4c(c3)C=CN=4)sc2=Nc2ccc(F)cc2)cc1. The van der Waals surface area contributed by atoms with Crippen molar-refractivity contribution in [2.24, 2.45) is 9.98 Å². The quantitative estimate of drug-likeness (QED) is 0.519. The van der Waals surface area contributed by atoms with Crippen LogP contribution in [0.3, 0.4) is 0 Å². The number of aromatic hydroxyl groups is 1. The number of nitrogens with zero attached hydrogens (tertiary/aromatic N) is 3. The van der Waals surface area contributed by atoms with Crippen molar-refractivity contribution in [2.75, 3.05) is 0 Å². The number of benzene rings is 3. The molecule has 1 aliphatic rings. The molecule has 1 aliphatic heterocycles. The molecule has 0 amide bonds. The van der Waals surface area contributed by atoms with E-state index in [0.717, 1.165) is 27.4 Å². The molecule has 0 radical (unpaired) electrons. The van der Waals surface area contributed by atoms with E-state index in [0.29, 0.717) is 15.4 Å². The number of hydrogen-bond acceptors (Lipinski definition) is 4. The number of rotatable bonds is 3. The highest BCUT2D eigenvalue weighted by molar-refractivity contribution is 7.10.